The summed E-state index contributed by atoms with van der Waals surface area (Å²) in [5, 5.41) is 2.39. The van der Waals surface area contributed by atoms with Gasteiger partial charge in [0.15, 0.2) is 5.60 Å². The van der Waals surface area contributed by atoms with Crippen LogP contribution in [0.2, 0.25) is 0 Å². The molecule has 0 aliphatic carbocycles. The highest BCUT2D eigenvalue weighted by Gasteiger charge is 2.37. The third-order valence-electron chi connectivity index (χ3n) is 5.87. The maximum atomic E-state index is 6.83. The zero-order valence-corrected chi connectivity index (χ0v) is 18.4. The van der Waals surface area contributed by atoms with E-state index in [1.165, 1.54) is 10.8 Å². The van der Waals surface area contributed by atoms with Crippen molar-refractivity contribution in [2.75, 3.05) is 13.2 Å². The first kappa shape index (κ1) is 20.2. The largest absolute Gasteiger partial charge is 0.494 e. The maximum absolute atomic E-state index is 6.83. The van der Waals surface area contributed by atoms with Gasteiger partial charge in [-0.25, -0.2) is 0 Å². The molecule has 1 heterocycles. The van der Waals surface area contributed by atoms with E-state index in [1.807, 2.05) is 38.1 Å². The molecular weight excluding hydrogens is 396 g/mol. The molecule has 160 valence electrons. The second kappa shape index (κ2) is 8.43. The number of benzene rings is 4. The van der Waals surface area contributed by atoms with Gasteiger partial charge in [-0.3, -0.25) is 0 Å². The van der Waals surface area contributed by atoms with E-state index in [4.69, 9.17) is 14.2 Å². The van der Waals surface area contributed by atoms with Gasteiger partial charge in [-0.05, 0) is 67.1 Å². The lowest BCUT2D eigenvalue weighted by atomic mass is 9.83. The Kier molecular flexibility index (Phi) is 5.32. The molecule has 0 amide bonds. The molecule has 0 unspecified atom stereocenters. The lowest BCUT2D eigenvalue weighted by Crippen LogP contribution is -2.34. The van der Waals surface area contributed by atoms with E-state index in [0.717, 1.165) is 33.9 Å². The van der Waals surface area contributed by atoms with E-state index in [2.05, 4.69) is 72.8 Å². The van der Waals surface area contributed by atoms with Crippen LogP contribution in [0.3, 0.4) is 0 Å². The second-order valence-corrected chi connectivity index (χ2v) is 7.78. The smallest absolute Gasteiger partial charge is 0.178 e. The molecule has 0 atom stereocenters. The highest BCUT2D eigenvalue weighted by molar-refractivity contribution is 5.94. The topological polar surface area (TPSA) is 27.7 Å². The first-order chi connectivity index (χ1) is 15.7. The van der Waals surface area contributed by atoms with Crippen LogP contribution >= 0.6 is 0 Å². The predicted octanol–water partition coefficient (Wildman–Crippen LogP) is 6.99. The van der Waals surface area contributed by atoms with Crippen molar-refractivity contribution in [3.05, 3.63) is 108 Å². The summed E-state index contributed by atoms with van der Waals surface area (Å²) < 4.78 is 18.1. The third kappa shape index (κ3) is 3.50. The minimum Gasteiger partial charge on any atom is -0.494 e. The first-order valence-corrected chi connectivity index (χ1v) is 11.1. The number of ether oxygens (including phenoxy) is 3. The highest BCUT2D eigenvalue weighted by atomic mass is 16.5. The molecule has 0 spiro atoms. The quantitative estimate of drug-likeness (QED) is 0.335. The summed E-state index contributed by atoms with van der Waals surface area (Å²) in [6.45, 7) is 5.26. The summed E-state index contributed by atoms with van der Waals surface area (Å²) in [4.78, 5) is 0. The Morgan fingerprint density at radius 3 is 1.88 bits per heavy atom. The monoisotopic (exact) mass is 422 g/mol. The Balaban J connectivity index is 1.64. The van der Waals surface area contributed by atoms with Crippen LogP contribution in [0.15, 0.2) is 91.0 Å². The molecular formula is C29H26O3. The normalized spacial score (nSPS) is 13.9. The van der Waals surface area contributed by atoms with Crippen LogP contribution in [0.5, 0.6) is 17.2 Å². The van der Waals surface area contributed by atoms with Gasteiger partial charge in [0.2, 0.25) is 0 Å². The van der Waals surface area contributed by atoms with Crippen molar-refractivity contribution in [2.45, 2.75) is 19.4 Å². The lowest BCUT2D eigenvalue weighted by molar-refractivity contribution is 0.161. The van der Waals surface area contributed by atoms with Gasteiger partial charge >= 0.3 is 0 Å². The molecule has 0 aromatic heterocycles. The SMILES string of the molecule is CCOc1ccc(C2(c3ccc(OCC)cc3)C=Cc3c(ccc4ccccc34)O2)cc1. The number of rotatable bonds is 6. The van der Waals surface area contributed by atoms with Gasteiger partial charge in [-0.2, -0.15) is 0 Å². The molecule has 0 radical (unpaired) electrons. The van der Waals surface area contributed by atoms with E-state index >= 15 is 0 Å². The predicted molar refractivity (Wildman–Crippen MR) is 130 cm³/mol. The van der Waals surface area contributed by atoms with Crippen LogP contribution in [0, 0.1) is 0 Å². The van der Waals surface area contributed by atoms with E-state index in [-0.39, 0.29) is 0 Å². The van der Waals surface area contributed by atoms with Gasteiger partial charge in [0.1, 0.15) is 17.2 Å². The van der Waals surface area contributed by atoms with E-state index in [9.17, 15) is 0 Å². The molecule has 4 aromatic rings. The van der Waals surface area contributed by atoms with Crippen molar-refractivity contribution in [2.24, 2.45) is 0 Å². The van der Waals surface area contributed by atoms with Crippen LogP contribution in [-0.2, 0) is 5.60 Å². The van der Waals surface area contributed by atoms with Crippen molar-refractivity contribution in [1.29, 1.82) is 0 Å². The molecule has 0 saturated carbocycles. The van der Waals surface area contributed by atoms with E-state index in [0.29, 0.717) is 13.2 Å². The third-order valence-corrected chi connectivity index (χ3v) is 5.87. The van der Waals surface area contributed by atoms with Crippen molar-refractivity contribution in [3.63, 3.8) is 0 Å². The molecule has 3 nitrogen and oxygen atoms in total. The Bertz CT molecular complexity index is 1200. The van der Waals surface area contributed by atoms with Crippen molar-refractivity contribution in [3.8, 4) is 17.2 Å². The zero-order valence-electron chi connectivity index (χ0n) is 18.4. The first-order valence-electron chi connectivity index (χ1n) is 11.1. The Morgan fingerprint density at radius 2 is 1.28 bits per heavy atom. The highest BCUT2D eigenvalue weighted by Crippen LogP contribution is 2.44. The fourth-order valence-electron chi connectivity index (χ4n) is 4.35. The van der Waals surface area contributed by atoms with Crippen molar-refractivity contribution in [1.82, 2.24) is 0 Å². The molecule has 1 aliphatic rings. The summed E-state index contributed by atoms with van der Waals surface area (Å²) in [5.41, 5.74) is 2.45. The van der Waals surface area contributed by atoms with Crippen molar-refractivity contribution >= 4 is 16.8 Å². The molecule has 0 saturated heterocycles. The molecule has 0 bridgehead atoms. The molecule has 4 aromatic carbocycles. The number of hydrogen-bond donors (Lipinski definition) is 0. The molecule has 1 aliphatic heterocycles. The Labute approximate surface area is 188 Å². The van der Waals surface area contributed by atoms with Gasteiger partial charge in [0.05, 0.1) is 13.2 Å². The number of hydrogen-bond acceptors (Lipinski definition) is 3. The van der Waals surface area contributed by atoms with Crippen LogP contribution < -0.4 is 14.2 Å². The fraction of sp³-hybridized carbons (Fsp3) is 0.172. The average Bonchev–Trinajstić information content (AvgIpc) is 2.85. The van der Waals surface area contributed by atoms with Gasteiger partial charge in [0, 0.05) is 16.7 Å². The van der Waals surface area contributed by atoms with E-state index < -0.39 is 5.60 Å². The molecule has 0 fully saturated rings. The Hall–Kier alpha value is -3.72. The average molecular weight is 423 g/mol. The summed E-state index contributed by atoms with van der Waals surface area (Å²) in [7, 11) is 0. The van der Waals surface area contributed by atoms with Gasteiger partial charge in [-0.15, -0.1) is 0 Å². The molecule has 3 heteroatoms. The number of fused-ring (bicyclic) bond motifs is 3. The molecule has 0 N–H and O–H groups in total. The fourth-order valence-corrected chi connectivity index (χ4v) is 4.35. The van der Waals surface area contributed by atoms with Crippen molar-refractivity contribution < 1.29 is 14.2 Å². The zero-order chi connectivity index (χ0) is 22.0. The lowest BCUT2D eigenvalue weighted by Gasteiger charge is -2.36. The van der Waals surface area contributed by atoms with Crippen LogP contribution in [-0.4, -0.2) is 13.2 Å². The van der Waals surface area contributed by atoms with Crippen LogP contribution in [0.25, 0.3) is 16.8 Å². The van der Waals surface area contributed by atoms with Crippen LogP contribution in [0.1, 0.15) is 30.5 Å². The standard InChI is InChI=1S/C29H26O3/c1-3-30-24-14-10-22(11-15-24)29(23-12-16-25(17-13-23)31-4-2)20-19-27-26-8-6-5-7-21(26)9-18-28(27)32-29/h5-20H,3-4H2,1-2H3. The van der Waals surface area contributed by atoms with Gasteiger partial charge < -0.3 is 14.2 Å². The summed E-state index contributed by atoms with van der Waals surface area (Å²) in [6.07, 6.45) is 4.35. The summed E-state index contributed by atoms with van der Waals surface area (Å²) in [6, 6.07) is 28.9. The van der Waals surface area contributed by atoms with E-state index in [1.54, 1.807) is 0 Å². The summed E-state index contributed by atoms with van der Waals surface area (Å²) >= 11 is 0. The molecule has 32 heavy (non-hydrogen) atoms. The van der Waals surface area contributed by atoms with Crippen LogP contribution in [0.4, 0.5) is 0 Å². The Morgan fingerprint density at radius 1 is 0.688 bits per heavy atom. The minimum atomic E-state index is -0.745. The van der Waals surface area contributed by atoms with Gasteiger partial charge in [-0.1, -0.05) is 54.6 Å². The molecule has 5 rings (SSSR count). The maximum Gasteiger partial charge on any atom is 0.178 e. The second-order valence-electron chi connectivity index (χ2n) is 7.78. The minimum absolute atomic E-state index is 0.639. The van der Waals surface area contributed by atoms with Gasteiger partial charge in [0.25, 0.3) is 0 Å². The summed E-state index contributed by atoms with van der Waals surface area (Å²) in [5.74, 6) is 2.57.